The normalized spacial score (nSPS) is 15.0. The highest BCUT2D eigenvalue weighted by molar-refractivity contribution is 5.85. The molecule has 0 aliphatic carbocycles. The van der Waals surface area contributed by atoms with Crippen LogP contribution in [-0.2, 0) is 9.53 Å². The molecule has 1 amide bonds. The second-order valence-electron chi connectivity index (χ2n) is 6.10. The van der Waals surface area contributed by atoms with E-state index in [1.165, 1.54) is 0 Å². The highest BCUT2D eigenvalue weighted by Gasteiger charge is 2.23. The number of benzene rings is 1. The maximum Gasteiger partial charge on any atom is 0.260 e. The van der Waals surface area contributed by atoms with Gasteiger partial charge < -0.3 is 20.1 Å². The quantitative estimate of drug-likeness (QED) is 0.762. The lowest BCUT2D eigenvalue weighted by molar-refractivity contribution is -0.136. The lowest BCUT2D eigenvalue weighted by Gasteiger charge is -2.32. The summed E-state index contributed by atoms with van der Waals surface area (Å²) in [6.45, 7) is 6.95. The summed E-state index contributed by atoms with van der Waals surface area (Å²) >= 11 is 0. The Hall–Kier alpha value is -1.30. The minimum Gasteiger partial charge on any atom is -0.483 e. The molecule has 0 aromatic heterocycles. The van der Waals surface area contributed by atoms with Gasteiger partial charge >= 0.3 is 0 Å². The fourth-order valence-electron chi connectivity index (χ4n) is 2.86. The number of hydrogen-bond acceptors (Lipinski definition) is 4. The van der Waals surface area contributed by atoms with Crippen LogP contribution in [0.4, 0.5) is 0 Å². The zero-order chi connectivity index (χ0) is 16.7. The number of nitrogens with zero attached hydrogens (tertiary/aromatic N) is 1. The molecule has 24 heavy (non-hydrogen) atoms. The average molecular weight is 357 g/mol. The zero-order valence-electron chi connectivity index (χ0n) is 14.6. The van der Waals surface area contributed by atoms with Gasteiger partial charge in [0, 0.05) is 19.7 Å². The highest BCUT2D eigenvalue weighted by atomic mass is 35.5. The number of carbonyl (C=O) groups is 1. The summed E-state index contributed by atoms with van der Waals surface area (Å²) in [6.07, 6.45) is 2.92. The average Bonchev–Trinajstić information content (AvgIpc) is 2.55. The van der Waals surface area contributed by atoms with Crippen LogP contribution in [0.3, 0.4) is 0 Å². The number of nitrogens with two attached hydrogens (primary N) is 1. The first-order chi connectivity index (χ1) is 11.1. The lowest BCUT2D eigenvalue weighted by Crippen LogP contribution is -2.43. The van der Waals surface area contributed by atoms with E-state index in [9.17, 15) is 4.79 Å². The first-order valence-corrected chi connectivity index (χ1v) is 8.40. The van der Waals surface area contributed by atoms with Gasteiger partial charge in [0.25, 0.3) is 5.91 Å². The molecule has 1 fully saturated rings. The maximum absolute atomic E-state index is 12.3. The molecule has 1 heterocycles. The molecule has 136 valence electrons. The van der Waals surface area contributed by atoms with Gasteiger partial charge in [0.2, 0.25) is 0 Å². The Morgan fingerprint density at radius 2 is 1.88 bits per heavy atom. The molecule has 5 nitrogen and oxygen atoms in total. The first-order valence-electron chi connectivity index (χ1n) is 8.40. The molecule has 2 N–H and O–H groups in total. The second-order valence-corrected chi connectivity index (χ2v) is 6.10. The fraction of sp³-hybridized carbons (Fsp3) is 0.611. The number of para-hydroxylation sites is 1. The predicted octanol–water partition coefficient (Wildman–Crippen LogP) is 2.46. The first kappa shape index (κ1) is 20.7. The molecule has 1 aromatic carbocycles. The molecule has 1 aromatic rings. The van der Waals surface area contributed by atoms with E-state index in [0.29, 0.717) is 13.2 Å². The Labute approximate surface area is 150 Å². The van der Waals surface area contributed by atoms with E-state index < -0.39 is 0 Å². The summed E-state index contributed by atoms with van der Waals surface area (Å²) in [5.41, 5.74) is 7.58. The summed E-state index contributed by atoms with van der Waals surface area (Å²) in [5.74, 6) is 0.869. The molecule has 0 saturated carbocycles. The van der Waals surface area contributed by atoms with Gasteiger partial charge in [-0.05, 0) is 50.8 Å². The van der Waals surface area contributed by atoms with E-state index in [4.69, 9.17) is 15.2 Å². The molecule has 2 rings (SSSR count). The van der Waals surface area contributed by atoms with E-state index in [0.717, 1.165) is 49.2 Å². The number of carbonyl (C=O) groups excluding carboxylic acids is 1. The third-order valence-electron chi connectivity index (χ3n) is 4.25. The van der Waals surface area contributed by atoms with Gasteiger partial charge in [-0.3, -0.25) is 4.79 Å². The summed E-state index contributed by atoms with van der Waals surface area (Å²) in [7, 11) is 0. The number of aryl methyl sites for hydroxylation is 2. The number of amides is 1. The molecule has 0 atom stereocenters. The molecule has 0 radical (unpaired) electrons. The van der Waals surface area contributed by atoms with E-state index >= 15 is 0 Å². The van der Waals surface area contributed by atoms with E-state index in [1.807, 2.05) is 36.9 Å². The van der Waals surface area contributed by atoms with Gasteiger partial charge in [0.05, 0.1) is 6.10 Å². The summed E-state index contributed by atoms with van der Waals surface area (Å²) in [4.78, 5) is 14.2. The number of halogens is 1. The van der Waals surface area contributed by atoms with Gasteiger partial charge in [-0.25, -0.2) is 0 Å². The highest BCUT2D eigenvalue weighted by Crippen LogP contribution is 2.22. The van der Waals surface area contributed by atoms with Crippen molar-refractivity contribution in [1.29, 1.82) is 0 Å². The Morgan fingerprint density at radius 3 is 2.46 bits per heavy atom. The SMILES string of the molecule is Cc1cccc(C)c1OCC(=O)N1CCC(OCCCN)CC1.Cl. The Balaban J connectivity index is 0.00000288. The molecule has 1 aliphatic rings. The van der Waals surface area contributed by atoms with Crippen LogP contribution in [0.15, 0.2) is 18.2 Å². The van der Waals surface area contributed by atoms with Crippen LogP contribution < -0.4 is 10.5 Å². The van der Waals surface area contributed by atoms with Crippen LogP contribution in [-0.4, -0.2) is 49.8 Å². The van der Waals surface area contributed by atoms with Crippen molar-refractivity contribution >= 4 is 18.3 Å². The van der Waals surface area contributed by atoms with Crippen LogP contribution in [0.25, 0.3) is 0 Å². The number of likely N-dealkylation sites (tertiary alicyclic amines) is 1. The predicted molar refractivity (Wildman–Crippen MR) is 97.9 cm³/mol. The zero-order valence-corrected chi connectivity index (χ0v) is 15.4. The number of piperidine rings is 1. The van der Waals surface area contributed by atoms with Crippen molar-refractivity contribution in [2.45, 2.75) is 39.2 Å². The van der Waals surface area contributed by atoms with Gasteiger partial charge in [0.1, 0.15) is 5.75 Å². The Bertz CT molecular complexity index is 497. The van der Waals surface area contributed by atoms with Gasteiger partial charge in [-0.1, -0.05) is 18.2 Å². The molecule has 0 unspecified atom stereocenters. The summed E-state index contributed by atoms with van der Waals surface area (Å²) in [5, 5.41) is 0. The molecule has 6 heteroatoms. The monoisotopic (exact) mass is 356 g/mol. The topological polar surface area (TPSA) is 64.8 Å². The van der Waals surface area contributed by atoms with Crippen molar-refractivity contribution in [3.8, 4) is 5.75 Å². The van der Waals surface area contributed by atoms with Crippen LogP contribution in [0.5, 0.6) is 5.75 Å². The molecule has 0 spiro atoms. The van der Waals surface area contributed by atoms with Crippen molar-refractivity contribution in [3.05, 3.63) is 29.3 Å². The van der Waals surface area contributed by atoms with Crippen molar-refractivity contribution in [3.63, 3.8) is 0 Å². The third kappa shape index (κ3) is 5.96. The summed E-state index contributed by atoms with van der Waals surface area (Å²) < 4.78 is 11.5. The summed E-state index contributed by atoms with van der Waals surface area (Å²) in [6, 6.07) is 5.99. The maximum atomic E-state index is 12.3. The number of rotatable bonds is 7. The van der Waals surface area contributed by atoms with Crippen LogP contribution in [0, 0.1) is 13.8 Å². The van der Waals surface area contributed by atoms with Crippen LogP contribution in [0.2, 0.25) is 0 Å². The number of ether oxygens (including phenoxy) is 2. The molecule has 1 saturated heterocycles. The van der Waals surface area contributed by atoms with Gasteiger partial charge in [-0.2, -0.15) is 0 Å². The number of hydrogen-bond donors (Lipinski definition) is 1. The largest absolute Gasteiger partial charge is 0.483 e. The molecule has 0 bridgehead atoms. The Kier molecular flexibility index (Phi) is 9.11. The third-order valence-corrected chi connectivity index (χ3v) is 4.25. The fourth-order valence-corrected chi connectivity index (χ4v) is 2.86. The minimum absolute atomic E-state index is 0. The van der Waals surface area contributed by atoms with Crippen molar-refractivity contribution in [2.24, 2.45) is 5.73 Å². The molecular formula is C18H29ClN2O3. The second kappa shape index (κ2) is 10.5. The molecule has 1 aliphatic heterocycles. The van der Waals surface area contributed by atoms with Crippen LogP contribution >= 0.6 is 12.4 Å². The van der Waals surface area contributed by atoms with E-state index in [-0.39, 0.29) is 31.0 Å². The van der Waals surface area contributed by atoms with Crippen molar-refractivity contribution in [2.75, 3.05) is 32.8 Å². The van der Waals surface area contributed by atoms with Crippen molar-refractivity contribution < 1.29 is 14.3 Å². The van der Waals surface area contributed by atoms with Gasteiger partial charge in [-0.15, -0.1) is 12.4 Å². The molecular weight excluding hydrogens is 328 g/mol. The van der Waals surface area contributed by atoms with E-state index in [2.05, 4.69) is 0 Å². The van der Waals surface area contributed by atoms with Crippen LogP contribution in [0.1, 0.15) is 30.4 Å². The van der Waals surface area contributed by atoms with Gasteiger partial charge in [0.15, 0.2) is 6.61 Å². The smallest absolute Gasteiger partial charge is 0.260 e. The Morgan fingerprint density at radius 1 is 1.25 bits per heavy atom. The lowest BCUT2D eigenvalue weighted by atomic mass is 10.1. The van der Waals surface area contributed by atoms with Crippen molar-refractivity contribution in [1.82, 2.24) is 4.90 Å². The minimum atomic E-state index is 0. The standard InChI is InChI=1S/C18H28N2O3.ClH/c1-14-5-3-6-15(2)18(14)23-13-17(21)20-10-7-16(8-11-20)22-12-4-9-19;/h3,5-6,16H,4,7-13,19H2,1-2H3;1H. The van der Waals surface area contributed by atoms with E-state index in [1.54, 1.807) is 0 Å².